The van der Waals surface area contributed by atoms with E-state index in [0.717, 1.165) is 12.2 Å². The van der Waals surface area contributed by atoms with Crippen molar-refractivity contribution in [2.75, 3.05) is 7.11 Å². The van der Waals surface area contributed by atoms with Crippen molar-refractivity contribution in [1.82, 2.24) is 5.32 Å². The van der Waals surface area contributed by atoms with Gasteiger partial charge in [-0.25, -0.2) is 0 Å². The third-order valence-electron chi connectivity index (χ3n) is 4.81. The van der Waals surface area contributed by atoms with Crippen molar-refractivity contribution in [1.29, 1.82) is 0 Å². The maximum atomic E-state index is 5.28. The van der Waals surface area contributed by atoms with E-state index in [4.69, 9.17) is 4.74 Å². The Balaban J connectivity index is 1.72. The third-order valence-corrected chi connectivity index (χ3v) is 4.81. The Hall–Kier alpha value is -2.58. The van der Waals surface area contributed by atoms with E-state index >= 15 is 0 Å². The first-order valence-electron chi connectivity index (χ1n) is 8.38. The van der Waals surface area contributed by atoms with Gasteiger partial charge in [0, 0.05) is 6.04 Å². The molecule has 2 atom stereocenters. The van der Waals surface area contributed by atoms with E-state index in [-0.39, 0.29) is 6.04 Å². The van der Waals surface area contributed by atoms with Crippen LogP contribution in [0.15, 0.2) is 78.9 Å². The molecule has 0 amide bonds. The normalized spacial score (nSPS) is 19.5. The van der Waals surface area contributed by atoms with Gasteiger partial charge in [0.05, 0.1) is 13.2 Å². The van der Waals surface area contributed by atoms with Crippen LogP contribution in [0.2, 0.25) is 0 Å². The molecule has 0 bridgehead atoms. The smallest absolute Gasteiger partial charge is 0.118 e. The molecule has 2 heteroatoms. The van der Waals surface area contributed by atoms with Crippen LogP contribution in [0.1, 0.15) is 34.3 Å². The molecule has 2 nitrogen and oxygen atoms in total. The molecule has 1 aliphatic rings. The predicted molar refractivity (Wildman–Crippen MR) is 97.3 cm³/mol. The molecule has 0 saturated heterocycles. The van der Waals surface area contributed by atoms with Gasteiger partial charge >= 0.3 is 0 Å². The summed E-state index contributed by atoms with van der Waals surface area (Å²) in [6.07, 6.45) is 1.01. The lowest BCUT2D eigenvalue weighted by Gasteiger charge is -2.34. The molecule has 24 heavy (non-hydrogen) atoms. The summed E-state index contributed by atoms with van der Waals surface area (Å²) in [5.41, 5.74) is 5.41. The third kappa shape index (κ3) is 2.81. The van der Waals surface area contributed by atoms with Gasteiger partial charge in [0.1, 0.15) is 5.75 Å². The molecule has 1 heterocycles. The van der Waals surface area contributed by atoms with Crippen molar-refractivity contribution >= 4 is 0 Å². The van der Waals surface area contributed by atoms with Crippen LogP contribution in [-0.2, 0) is 6.42 Å². The Morgan fingerprint density at radius 2 is 1.50 bits per heavy atom. The monoisotopic (exact) mass is 315 g/mol. The summed E-state index contributed by atoms with van der Waals surface area (Å²) in [6.45, 7) is 0. The maximum Gasteiger partial charge on any atom is 0.118 e. The first-order chi connectivity index (χ1) is 11.8. The van der Waals surface area contributed by atoms with E-state index in [1.165, 1.54) is 22.3 Å². The number of methoxy groups -OCH3 is 1. The lowest BCUT2D eigenvalue weighted by atomic mass is 9.84. The molecule has 0 saturated carbocycles. The van der Waals surface area contributed by atoms with Crippen LogP contribution < -0.4 is 10.1 Å². The summed E-state index contributed by atoms with van der Waals surface area (Å²) in [5.74, 6) is 0.898. The highest BCUT2D eigenvalue weighted by atomic mass is 16.5. The fraction of sp³-hybridized carbons (Fsp3) is 0.182. The molecule has 4 rings (SSSR count). The topological polar surface area (TPSA) is 21.3 Å². The largest absolute Gasteiger partial charge is 0.497 e. The number of fused-ring (bicyclic) bond motifs is 1. The van der Waals surface area contributed by atoms with Crippen molar-refractivity contribution in [3.05, 3.63) is 101 Å². The Bertz CT molecular complexity index is 811. The molecule has 0 fully saturated rings. The van der Waals surface area contributed by atoms with E-state index < -0.39 is 0 Å². The lowest BCUT2D eigenvalue weighted by Crippen LogP contribution is -2.34. The molecule has 0 radical (unpaired) electrons. The minimum atomic E-state index is 0.225. The minimum absolute atomic E-state index is 0.225. The number of benzene rings is 3. The van der Waals surface area contributed by atoms with Crippen LogP contribution in [0.5, 0.6) is 5.75 Å². The molecule has 0 aliphatic carbocycles. The Labute approximate surface area is 143 Å². The SMILES string of the molecule is COc1ccc([C@H]2Cc3ccccc3[C@@H](c3ccccc3)N2)cc1. The second kappa shape index (κ2) is 6.50. The molecule has 0 aromatic heterocycles. The van der Waals surface area contributed by atoms with Crippen LogP contribution in [0.3, 0.4) is 0 Å². The first kappa shape index (κ1) is 15.0. The van der Waals surface area contributed by atoms with E-state index in [0.29, 0.717) is 6.04 Å². The number of ether oxygens (including phenoxy) is 1. The molecule has 1 N–H and O–H groups in total. The number of hydrogen-bond donors (Lipinski definition) is 1. The average Bonchev–Trinajstić information content (AvgIpc) is 2.68. The zero-order chi connectivity index (χ0) is 16.4. The Morgan fingerprint density at radius 3 is 2.25 bits per heavy atom. The van der Waals surface area contributed by atoms with Crippen molar-refractivity contribution in [2.45, 2.75) is 18.5 Å². The summed E-state index contributed by atoms with van der Waals surface area (Å²) in [5, 5.41) is 3.84. The van der Waals surface area contributed by atoms with Crippen molar-refractivity contribution in [3.8, 4) is 5.75 Å². The van der Waals surface area contributed by atoms with Gasteiger partial charge in [0.2, 0.25) is 0 Å². The van der Waals surface area contributed by atoms with Crippen LogP contribution in [0, 0.1) is 0 Å². The second-order valence-electron chi connectivity index (χ2n) is 6.24. The number of nitrogens with one attached hydrogen (secondary N) is 1. The van der Waals surface area contributed by atoms with Crippen molar-refractivity contribution in [2.24, 2.45) is 0 Å². The van der Waals surface area contributed by atoms with Crippen molar-refractivity contribution in [3.63, 3.8) is 0 Å². The van der Waals surface area contributed by atoms with E-state index in [9.17, 15) is 0 Å². The van der Waals surface area contributed by atoms with Crippen LogP contribution >= 0.6 is 0 Å². The van der Waals surface area contributed by atoms with E-state index in [1.54, 1.807) is 7.11 Å². The van der Waals surface area contributed by atoms with Gasteiger partial charge in [-0.2, -0.15) is 0 Å². The van der Waals surface area contributed by atoms with E-state index in [1.807, 2.05) is 12.1 Å². The molecule has 3 aromatic carbocycles. The summed E-state index contributed by atoms with van der Waals surface area (Å²) in [4.78, 5) is 0. The maximum absolute atomic E-state index is 5.28. The summed E-state index contributed by atoms with van der Waals surface area (Å²) < 4.78 is 5.28. The van der Waals surface area contributed by atoms with Crippen LogP contribution in [0.25, 0.3) is 0 Å². The molecular formula is C22H21NO. The van der Waals surface area contributed by atoms with Crippen LogP contribution in [0.4, 0.5) is 0 Å². The second-order valence-corrected chi connectivity index (χ2v) is 6.24. The Kier molecular flexibility index (Phi) is 4.06. The average molecular weight is 315 g/mol. The van der Waals surface area contributed by atoms with Gasteiger partial charge in [-0.3, -0.25) is 5.32 Å². The van der Waals surface area contributed by atoms with Crippen molar-refractivity contribution < 1.29 is 4.74 Å². The summed E-state index contributed by atoms with van der Waals surface area (Å²) >= 11 is 0. The molecule has 0 spiro atoms. The standard InChI is InChI=1S/C22H21NO/c1-24-19-13-11-16(12-14-19)21-15-18-9-5-6-10-20(18)22(23-21)17-7-3-2-4-8-17/h2-14,21-23H,15H2,1H3/t21-,22-/m1/s1. The highest BCUT2D eigenvalue weighted by Crippen LogP contribution is 2.35. The summed E-state index contributed by atoms with van der Waals surface area (Å²) in [6, 6.07) is 28.4. The first-order valence-corrected chi connectivity index (χ1v) is 8.38. The van der Waals surface area contributed by atoms with E-state index in [2.05, 4.69) is 72.0 Å². The van der Waals surface area contributed by atoms with Gasteiger partial charge in [-0.05, 0) is 40.8 Å². The fourth-order valence-electron chi connectivity index (χ4n) is 3.54. The van der Waals surface area contributed by atoms with Gasteiger partial charge in [-0.1, -0.05) is 66.7 Å². The summed E-state index contributed by atoms with van der Waals surface area (Å²) in [7, 11) is 1.70. The van der Waals surface area contributed by atoms with Gasteiger partial charge in [0.25, 0.3) is 0 Å². The lowest BCUT2D eigenvalue weighted by molar-refractivity contribution is 0.413. The Morgan fingerprint density at radius 1 is 0.792 bits per heavy atom. The number of rotatable bonds is 3. The predicted octanol–water partition coefficient (Wildman–Crippen LogP) is 4.67. The quantitative estimate of drug-likeness (QED) is 0.758. The highest BCUT2D eigenvalue weighted by Gasteiger charge is 2.27. The zero-order valence-corrected chi connectivity index (χ0v) is 13.8. The molecule has 120 valence electrons. The number of hydrogen-bond acceptors (Lipinski definition) is 2. The highest BCUT2D eigenvalue weighted by molar-refractivity contribution is 5.42. The molecule has 3 aromatic rings. The van der Waals surface area contributed by atoms with Gasteiger partial charge < -0.3 is 4.74 Å². The fourth-order valence-corrected chi connectivity index (χ4v) is 3.54. The molecule has 0 unspecified atom stereocenters. The van der Waals surface area contributed by atoms with Gasteiger partial charge in [-0.15, -0.1) is 0 Å². The zero-order valence-electron chi connectivity index (χ0n) is 13.8. The van der Waals surface area contributed by atoms with Gasteiger partial charge in [0.15, 0.2) is 0 Å². The van der Waals surface area contributed by atoms with Crippen LogP contribution in [-0.4, -0.2) is 7.11 Å². The molecular weight excluding hydrogens is 294 g/mol. The minimum Gasteiger partial charge on any atom is -0.497 e. The molecule has 1 aliphatic heterocycles.